The third-order valence-electron chi connectivity index (χ3n) is 2.75. The first-order valence-electron chi connectivity index (χ1n) is 5.71. The van der Waals surface area contributed by atoms with Crippen LogP contribution in [0.2, 0.25) is 10.0 Å². The number of pyridine rings is 1. The molecular weight excluding hydrogens is 326 g/mol. The van der Waals surface area contributed by atoms with Crippen LogP contribution in [0.4, 0.5) is 13.2 Å². The Hall–Kier alpha value is -1.30. The molecule has 0 aliphatic heterocycles. The zero-order chi connectivity index (χ0) is 15.6. The van der Waals surface area contributed by atoms with E-state index in [0.717, 1.165) is 12.3 Å². The first-order valence-corrected chi connectivity index (χ1v) is 6.47. The highest BCUT2D eigenvalue weighted by Crippen LogP contribution is 2.34. The van der Waals surface area contributed by atoms with Crippen LogP contribution in [0.15, 0.2) is 30.5 Å². The standard InChI is InChI=1S/C14H9Cl2F3NO/c1-21-7-9-4-8(2-3-11(9)15)13-12(16)5-10(6-20-13)14(17,18)19/h2-6H,1,7H2. The lowest BCUT2D eigenvalue weighted by atomic mass is 10.1. The quantitative estimate of drug-likeness (QED) is 0.751. The monoisotopic (exact) mass is 334 g/mol. The summed E-state index contributed by atoms with van der Waals surface area (Å²) in [6.07, 6.45) is -3.74. The molecule has 7 heteroatoms. The predicted molar refractivity (Wildman–Crippen MR) is 74.8 cm³/mol. The molecule has 2 nitrogen and oxygen atoms in total. The van der Waals surface area contributed by atoms with Gasteiger partial charge in [0, 0.05) is 16.8 Å². The summed E-state index contributed by atoms with van der Waals surface area (Å²) in [5.41, 5.74) is 0.533. The van der Waals surface area contributed by atoms with Crippen LogP contribution in [0, 0.1) is 7.11 Å². The van der Waals surface area contributed by atoms with Gasteiger partial charge in [0.15, 0.2) is 0 Å². The molecule has 1 aromatic carbocycles. The summed E-state index contributed by atoms with van der Waals surface area (Å²) in [6, 6.07) is 5.71. The van der Waals surface area contributed by atoms with E-state index in [4.69, 9.17) is 27.9 Å². The molecule has 0 unspecified atom stereocenters. The minimum Gasteiger partial charge on any atom is -0.374 e. The average Bonchev–Trinajstić information content (AvgIpc) is 2.40. The Morgan fingerprint density at radius 1 is 1.14 bits per heavy atom. The van der Waals surface area contributed by atoms with Crippen molar-refractivity contribution in [2.24, 2.45) is 0 Å². The summed E-state index contributed by atoms with van der Waals surface area (Å²) < 4.78 is 42.5. The lowest BCUT2D eigenvalue weighted by Gasteiger charge is -2.11. The van der Waals surface area contributed by atoms with Crippen molar-refractivity contribution in [3.05, 3.63) is 58.7 Å². The summed E-state index contributed by atoms with van der Waals surface area (Å²) in [4.78, 5) is 3.79. The first-order chi connectivity index (χ1) is 9.82. The number of rotatable bonds is 3. The van der Waals surface area contributed by atoms with Crippen LogP contribution in [0.25, 0.3) is 11.3 Å². The summed E-state index contributed by atoms with van der Waals surface area (Å²) >= 11 is 11.9. The molecule has 111 valence electrons. The maximum atomic E-state index is 12.6. The topological polar surface area (TPSA) is 22.1 Å². The van der Waals surface area contributed by atoms with Gasteiger partial charge in [-0.25, -0.2) is 0 Å². The van der Waals surface area contributed by atoms with Crippen LogP contribution >= 0.6 is 23.2 Å². The highest BCUT2D eigenvalue weighted by molar-refractivity contribution is 6.33. The molecule has 0 bridgehead atoms. The maximum Gasteiger partial charge on any atom is 0.417 e. The normalized spacial score (nSPS) is 11.7. The molecule has 0 saturated carbocycles. The first kappa shape index (κ1) is 16.1. The van der Waals surface area contributed by atoms with E-state index in [0.29, 0.717) is 16.1 Å². The van der Waals surface area contributed by atoms with E-state index in [1.807, 2.05) is 0 Å². The van der Waals surface area contributed by atoms with Crippen molar-refractivity contribution >= 4 is 23.2 Å². The van der Waals surface area contributed by atoms with Gasteiger partial charge in [-0.15, -0.1) is 0 Å². The molecule has 1 heterocycles. The second kappa shape index (κ2) is 6.22. The summed E-state index contributed by atoms with van der Waals surface area (Å²) in [5.74, 6) is 0. The van der Waals surface area contributed by atoms with Gasteiger partial charge in [-0.1, -0.05) is 29.3 Å². The third-order valence-corrected chi connectivity index (χ3v) is 3.40. The predicted octanol–water partition coefficient (Wildman–Crippen LogP) is 5.38. The Kier molecular flexibility index (Phi) is 4.76. The fourth-order valence-corrected chi connectivity index (χ4v) is 2.20. The van der Waals surface area contributed by atoms with Crippen LogP contribution in [0.3, 0.4) is 0 Å². The Labute approximate surface area is 129 Å². The van der Waals surface area contributed by atoms with Crippen molar-refractivity contribution in [3.8, 4) is 11.3 Å². The van der Waals surface area contributed by atoms with Crippen LogP contribution in [0.1, 0.15) is 11.1 Å². The van der Waals surface area contributed by atoms with Gasteiger partial charge in [0.2, 0.25) is 0 Å². The number of halogens is 5. The Morgan fingerprint density at radius 2 is 1.86 bits per heavy atom. The van der Waals surface area contributed by atoms with Gasteiger partial charge < -0.3 is 4.74 Å². The third kappa shape index (κ3) is 3.67. The van der Waals surface area contributed by atoms with Crippen molar-refractivity contribution in [2.75, 3.05) is 0 Å². The molecule has 0 fully saturated rings. The van der Waals surface area contributed by atoms with Gasteiger partial charge in [0.25, 0.3) is 0 Å². The van der Waals surface area contributed by atoms with E-state index in [2.05, 4.69) is 12.1 Å². The molecule has 0 saturated heterocycles. The largest absolute Gasteiger partial charge is 0.417 e. The zero-order valence-electron chi connectivity index (χ0n) is 10.5. The number of alkyl halides is 3. The molecular formula is C14H9Cl2F3NO. The highest BCUT2D eigenvalue weighted by Gasteiger charge is 2.31. The number of ether oxygens (including phenoxy) is 1. The molecule has 1 aromatic heterocycles. The van der Waals surface area contributed by atoms with Gasteiger partial charge in [-0.05, 0) is 23.8 Å². The second-order valence-corrected chi connectivity index (χ2v) is 5.02. The number of aromatic nitrogens is 1. The minimum atomic E-state index is -4.48. The maximum absolute atomic E-state index is 12.6. The van der Waals surface area contributed by atoms with E-state index in [-0.39, 0.29) is 17.3 Å². The lowest BCUT2D eigenvalue weighted by Crippen LogP contribution is -2.05. The van der Waals surface area contributed by atoms with E-state index in [9.17, 15) is 13.2 Å². The summed E-state index contributed by atoms with van der Waals surface area (Å²) in [7, 11) is 3.26. The van der Waals surface area contributed by atoms with Crippen LogP contribution < -0.4 is 0 Å². The van der Waals surface area contributed by atoms with Crippen LogP contribution in [0.5, 0.6) is 0 Å². The fourth-order valence-electron chi connectivity index (χ4n) is 1.75. The zero-order valence-corrected chi connectivity index (χ0v) is 12.1. The lowest BCUT2D eigenvalue weighted by molar-refractivity contribution is -0.137. The molecule has 0 amide bonds. The molecule has 0 aliphatic rings. The number of hydrogen-bond donors (Lipinski definition) is 0. The average molecular weight is 335 g/mol. The molecule has 0 aliphatic carbocycles. The van der Waals surface area contributed by atoms with Crippen molar-refractivity contribution in [2.45, 2.75) is 12.8 Å². The van der Waals surface area contributed by atoms with Crippen LogP contribution in [-0.2, 0) is 17.5 Å². The van der Waals surface area contributed by atoms with E-state index in [1.165, 1.54) is 0 Å². The smallest absolute Gasteiger partial charge is 0.374 e. The molecule has 2 aromatic rings. The van der Waals surface area contributed by atoms with Crippen molar-refractivity contribution in [1.82, 2.24) is 4.98 Å². The molecule has 21 heavy (non-hydrogen) atoms. The van der Waals surface area contributed by atoms with E-state index < -0.39 is 11.7 Å². The summed E-state index contributed by atoms with van der Waals surface area (Å²) in [6.45, 7) is 0.172. The van der Waals surface area contributed by atoms with E-state index >= 15 is 0 Å². The number of benzene rings is 1. The highest BCUT2D eigenvalue weighted by atomic mass is 35.5. The van der Waals surface area contributed by atoms with Gasteiger partial charge in [-0.3, -0.25) is 4.98 Å². The van der Waals surface area contributed by atoms with Gasteiger partial charge >= 0.3 is 6.18 Å². The number of nitrogens with zero attached hydrogens (tertiary/aromatic N) is 1. The molecule has 2 rings (SSSR count). The minimum absolute atomic E-state index is 0.0892. The fraction of sp³-hybridized carbons (Fsp3) is 0.143. The molecule has 1 radical (unpaired) electrons. The van der Waals surface area contributed by atoms with Crippen molar-refractivity contribution in [1.29, 1.82) is 0 Å². The Morgan fingerprint density at radius 3 is 2.43 bits per heavy atom. The SMILES string of the molecule is [CH2]OCc1cc(-c2ncc(C(F)(F)F)cc2Cl)ccc1Cl. The van der Waals surface area contributed by atoms with Crippen LogP contribution in [-0.4, -0.2) is 4.98 Å². The molecule has 0 atom stereocenters. The molecule has 0 spiro atoms. The van der Waals surface area contributed by atoms with Gasteiger partial charge in [0.1, 0.15) is 0 Å². The van der Waals surface area contributed by atoms with E-state index in [1.54, 1.807) is 18.2 Å². The Bertz CT molecular complexity index is 659. The summed E-state index contributed by atoms with van der Waals surface area (Å²) in [5, 5.41) is 0.374. The van der Waals surface area contributed by atoms with Crippen molar-refractivity contribution in [3.63, 3.8) is 0 Å². The Balaban J connectivity index is 2.45. The van der Waals surface area contributed by atoms with Crippen molar-refractivity contribution < 1.29 is 17.9 Å². The van der Waals surface area contributed by atoms with Gasteiger partial charge in [0.05, 0.1) is 30.0 Å². The second-order valence-electron chi connectivity index (χ2n) is 4.21. The number of hydrogen-bond acceptors (Lipinski definition) is 2. The molecule has 0 N–H and O–H groups in total. The van der Waals surface area contributed by atoms with Gasteiger partial charge in [-0.2, -0.15) is 13.2 Å².